The lowest BCUT2D eigenvalue weighted by atomic mass is 10.0. The summed E-state index contributed by atoms with van der Waals surface area (Å²) in [6.45, 7) is 1.46. The molecule has 3 N–H and O–H groups in total. The summed E-state index contributed by atoms with van der Waals surface area (Å²) in [6, 6.07) is 24.8. The van der Waals surface area contributed by atoms with Crippen LogP contribution in [0.1, 0.15) is 23.0 Å². The highest BCUT2D eigenvalue weighted by atomic mass is 16.2. The summed E-state index contributed by atoms with van der Waals surface area (Å²) in [6.07, 6.45) is 1.56. The SMILES string of the molecule is CC(=O)Nc1ccc(C=NNC(=O)c2[nH]c3ccccc3c2-c2ccccc2)cc1. The van der Waals surface area contributed by atoms with Gasteiger partial charge in [0.15, 0.2) is 0 Å². The van der Waals surface area contributed by atoms with Crippen molar-refractivity contribution in [2.75, 3.05) is 5.32 Å². The second-order valence-corrected chi connectivity index (χ2v) is 6.79. The minimum absolute atomic E-state index is 0.128. The van der Waals surface area contributed by atoms with Gasteiger partial charge in [-0.15, -0.1) is 0 Å². The number of carbonyl (C=O) groups is 2. The van der Waals surface area contributed by atoms with Crippen molar-refractivity contribution >= 4 is 34.6 Å². The number of aromatic nitrogens is 1. The third-order valence-electron chi connectivity index (χ3n) is 4.61. The number of benzene rings is 3. The van der Waals surface area contributed by atoms with Crippen molar-refractivity contribution in [2.45, 2.75) is 6.92 Å². The van der Waals surface area contributed by atoms with Crippen LogP contribution in [0.25, 0.3) is 22.0 Å². The van der Waals surface area contributed by atoms with E-state index < -0.39 is 0 Å². The van der Waals surface area contributed by atoms with Crippen molar-refractivity contribution in [1.82, 2.24) is 10.4 Å². The first kappa shape index (κ1) is 19.1. The van der Waals surface area contributed by atoms with Crippen molar-refractivity contribution in [1.29, 1.82) is 0 Å². The Bertz CT molecular complexity index is 1230. The number of anilines is 1. The second kappa shape index (κ2) is 8.45. The highest BCUT2D eigenvalue weighted by Gasteiger charge is 2.18. The molecule has 6 heteroatoms. The largest absolute Gasteiger partial charge is 0.350 e. The van der Waals surface area contributed by atoms with Crippen molar-refractivity contribution in [3.63, 3.8) is 0 Å². The molecule has 4 rings (SSSR count). The van der Waals surface area contributed by atoms with Gasteiger partial charge in [-0.3, -0.25) is 9.59 Å². The van der Waals surface area contributed by atoms with Crippen LogP contribution in [0.3, 0.4) is 0 Å². The molecular weight excluding hydrogens is 376 g/mol. The molecule has 0 spiro atoms. The molecule has 30 heavy (non-hydrogen) atoms. The molecule has 0 unspecified atom stereocenters. The zero-order valence-electron chi connectivity index (χ0n) is 16.3. The van der Waals surface area contributed by atoms with E-state index in [1.165, 1.54) is 6.92 Å². The van der Waals surface area contributed by atoms with Gasteiger partial charge in [-0.05, 0) is 29.3 Å². The van der Waals surface area contributed by atoms with Crippen molar-refractivity contribution < 1.29 is 9.59 Å². The topological polar surface area (TPSA) is 86.3 Å². The number of hydrogen-bond acceptors (Lipinski definition) is 3. The predicted octanol–water partition coefficient (Wildman–Crippen LogP) is 4.56. The van der Waals surface area contributed by atoms with Crippen LogP contribution in [0.5, 0.6) is 0 Å². The number of H-pyrrole nitrogens is 1. The highest BCUT2D eigenvalue weighted by molar-refractivity contribution is 6.09. The number of nitrogens with one attached hydrogen (secondary N) is 3. The molecule has 0 fully saturated rings. The maximum Gasteiger partial charge on any atom is 0.288 e. The number of hydrogen-bond donors (Lipinski definition) is 3. The van der Waals surface area contributed by atoms with Crippen molar-refractivity contribution in [3.05, 3.63) is 90.1 Å². The summed E-state index contributed by atoms with van der Waals surface area (Å²) in [5, 5.41) is 7.76. The number of nitrogens with zero attached hydrogens (tertiary/aromatic N) is 1. The molecule has 0 saturated carbocycles. The van der Waals surface area contributed by atoms with Crippen LogP contribution in [-0.4, -0.2) is 23.0 Å². The summed E-state index contributed by atoms with van der Waals surface area (Å²) < 4.78 is 0. The van der Waals surface area contributed by atoms with Gasteiger partial charge in [0.05, 0.1) is 6.21 Å². The average molecular weight is 396 g/mol. The van der Waals surface area contributed by atoms with E-state index in [1.54, 1.807) is 30.5 Å². The van der Waals surface area contributed by atoms with Crippen LogP contribution in [0.2, 0.25) is 0 Å². The standard InChI is InChI=1S/C24H20N4O2/c1-16(29)26-19-13-11-17(12-14-19)15-25-28-24(30)23-22(18-7-3-2-4-8-18)20-9-5-6-10-21(20)27-23/h2-15,27H,1H3,(H,26,29)(H,28,30). The van der Waals surface area contributed by atoms with E-state index >= 15 is 0 Å². The predicted molar refractivity (Wildman–Crippen MR) is 120 cm³/mol. The molecule has 148 valence electrons. The van der Waals surface area contributed by atoms with Gasteiger partial charge in [-0.2, -0.15) is 5.10 Å². The molecule has 0 saturated heterocycles. The number of rotatable bonds is 5. The zero-order chi connectivity index (χ0) is 20.9. The summed E-state index contributed by atoms with van der Waals surface area (Å²) in [4.78, 5) is 27.2. The Morgan fingerprint density at radius 1 is 0.900 bits per heavy atom. The molecule has 4 aromatic rings. The van der Waals surface area contributed by atoms with Gasteiger partial charge in [-0.25, -0.2) is 5.43 Å². The lowest BCUT2D eigenvalue weighted by Crippen LogP contribution is -2.18. The molecule has 0 radical (unpaired) electrons. The summed E-state index contributed by atoms with van der Waals surface area (Å²) in [5.41, 5.74) is 7.24. The minimum Gasteiger partial charge on any atom is -0.350 e. The normalized spacial score (nSPS) is 11.0. The number of aromatic amines is 1. The van der Waals surface area contributed by atoms with E-state index in [0.717, 1.165) is 27.6 Å². The summed E-state index contributed by atoms with van der Waals surface area (Å²) in [5.74, 6) is -0.451. The first-order chi connectivity index (χ1) is 14.6. The van der Waals surface area contributed by atoms with Gasteiger partial charge >= 0.3 is 0 Å². The van der Waals surface area contributed by atoms with E-state index in [4.69, 9.17) is 0 Å². The number of hydrazone groups is 1. The van der Waals surface area contributed by atoms with Gasteiger partial charge in [0.2, 0.25) is 5.91 Å². The number of carbonyl (C=O) groups excluding carboxylic acids is 2. The second-order valence-electron chi connectivity index (χ2n) is 6.79. The third-order valence-corrected chi connectivity index (χ3v) is 4.61. The highest BCUT2D eigenvalue weighted by Crippen LogP contribution is 2.32. The Morgan fingerprint density at radius 3 is 2.33 bits per heavy atom. The van der Waals surface area contributed by atoms with Gasteiger partial charge in [0, 0.05) is 29.1 Å². The van der Waals surface area contributed by atoms with Gasteiger partial charge in [-0.1, -0.05) is 60.7 Å². The third kappa shape index (κ3) is 4.12. The Balaban J connectivity index is 1.57. The van der Waals surface area contributed by atoms with Crippen LogP contribution >= 0.6 is 0 Å². The number of amides is 2. The molecule has 0 bridgehead atoms. The molecule has 0 aliphatic heterocycles. The van der Waals surface area contributed by atoms with E-state index in [9.17, 15) is 9.59 Å². The molecule has 0 aliphatic rings. The first-order valence-electron chi connectivity index (χ1n) is 9.49. The summed E-state index contributed by atoms with van der Waals surface area (Å²) >= 11 is 0. The average Bonchev–Trinajstić information content (AvgIpc) is 3.15. The minimum atomic E-state index is -0.323. The van der Waals surface area contributed by atoms with Crippen LogP contribution in [0.4, 0.5) is 5.69 Å². The zero-order valence-corrected chi connectivity index (χ0v) is 16.3. The molecular formula is C24H20N4O2. The van der Waals surface area contributed by atoms with Gasteiger partial charge < -0.3 is 10.3 Å². The quantitative estimate of drug-likeness (QED) is 0.341. The Kier molecular flexibility index (Phi) is 5.39. The van der Waals surface area contributed by atoms with Gasteiger partial charge in [0.25, 0.3) is 5.91 Å². The smallest absolute Gasteiger partial charge is 0.288 e. The van der Waals surface area contributed by atoms with Crippen LogP contribution in [0, 0.1) is 0 Å². The van der Waals surface area contributed by atoms with E-state index in [1.807, 2.05) is 54.6 Å². The van der Waals surface area contributed by atoms with Crippen LogP contribution < -0.4 is 10.7 Å². The van der Waals surface area contributed by atoms with Crippen molar-refractivity contribution in [2.24, 2.45) is 5.10 Å². The maximum atomic E-state index is 12.9. The Hall–Kier alpha value is -4.19. The number of fused-ring (bicyclic) bond motifs is 1. The Labute approximate surface area is 173 Å². The maximum absolute atomic E-state index is 12.9. The van der Waals surface area contributed by atoms with Crippen LogP contribution in [-0.2, 0) is 4.79 Å². The molecule has 1 heterocycles. The molecule has 0 atom stereocenters. The van der Waals surface area contributed by atoms with E-state index in [-0.39, 0.29) is 11.8 Å². The Morgan fingerprint density at radius 2 is 1.60 bits per heavy atom. The van der Waals surface area contributed by atoms with E-state index in [2.05, 4.69) is 20.8 Å². The number of para-hydroxylation sites is 1. The fraction of sp³-hybridized carbons (Fsp3) is 0.0417. The summed E-state index contributed by atoms with van der Waals surface area (Å²) in [7, 11) is 0. The molecule has 6 nitrogen and oxygen atoms in total. The monoisotopic (exact) mass is 396 g/mol. The van der Waals surface area contributed by atoms with E-state index in [0.29, 0.717) is 11.4 Å². The molecule has 2 amide bonds. The van der Waals surface area contributed by atoms with Gasteiger partial charge in [0.1, 0.15) is 5.69 Å². The molecule has 3 aromatic carbocycles. The van der Waals surface area contributed by atoms with Crippen LogP contribution in [0.15, 0.2) is 84.0 Å². The molecule has 1 aromatic heterocycles. The lowest BCUT2D eigenvalue weighted by Gasteiger charge is -2.04. The first-order valence-corrected chi connectivity index (χ1v) is 9.49. The fourth-order valence-corrected chi connectivity index (χ4v) is 3.29. The fourth-order valence-electron chi connectivity index (χ4n) is 3.29. The lowest BCUT2D eigenvalue weighted by molar-refractivity contribution is -0.114. The molecule has 0 aliphatic carbocycles. The van der Waals surface area contributed by atoms with Crippen molar-refractivity contribution in [3.8, 4) is 11.1 Å².